The van der Waals surface area contributed by atoms with E-state index in [-0.39, 0.29) is 0 Å². The first-order chi connectivity index (χ1) is 3.81. The number of rotatable bonds is 3. The summed E-state index contributed by atoms with van der Waals surface area (Å²) in [5, 5.41) is 0. The molecule has 0 aromatic heterocycles. The standard InChI is InChI=1S/C6H10FN/c1-6(5-8)3-2-4-7/h2-3H,1,4-5,8H2/b3-2+. The third-order valence-corrected chi connectivity index (χ3v) is 0.705. The Labute approximate surface area is 48.7 Å². The second-order valence-electron chi connectivity index (χ2n) is 1.42. The van der Waals surface area contributed by atoms with Crippen molar-refractivity contribution in [3.8, 4) is 0 Å². The average Bonchev–Trinajstić information content (AvgIpc) is 1.83. The lowest BCUT2D eigenvalue weighted by Gasteiger charge is -1.87. The number of nitrogens with two attached hydrogens (primary N) is 1. The summed E-state index contributed by atoms with van der Waals surface area (Å²) in [6.45, 7) is 3.49. The van der Waals surface area contributed by atoms with Crippen molar-refractivity contribution in [3.63, 3.8) is 0 Å². The van der Waals surface area contributed by atoms with Crippen LogP contribution in [0.4, 0.5) is 4.39 Å². The Kier molecular flexibility index (Phi) is 4.17. The third kappa shape index (κ3) is 3.56. The Morgan fingerprint density at radius 1 is 1.75 bits per heavy atom. The van der Waals surface area contributed by atoms with E-state index >= 15 is 0 Å². The van der Waals surface area contributed by atoms with Crippen molar-refractivity contribution in [1.82, 2.24) is 0 Å². The van der Waals surface area contributed by atoms with Gasteiger partial charge in [0.25, 0.3) is 0 Å². The molecule has 0 aliphatic rings. The van der Waals surface area contributed by atoms with Crippen LogP contribution in [0.5, 0.6) is 0 Å². The first-order valence-corrected chi connectivity index (χ1v) is 2.41. The summed E-state index contributed by atoms with van der Waals surface area (Å²) in [6.07, 6.45) is 2.97. The lowest BCUT2D eigenvalue weighted by Crippen LogP contribution is -1.98. The highest BCUT2D eigenvalue weighted by Gasteiger charge is 1.77. The van der Waals surface area contributed by atoms with Gasteiger partial charge in [-0.05, 0) is 5.57 Å². The van der Waals surface area contributed by atoms with E-state index in [1.54, 1.807) is 6.08 Å². The number of halogens is 1. The van der Waals surface area contributed by atoms with Crippen LogP contribution in [0, 0.1) is 0 Å². The van der Waals surface area contributed by atoms with Crippen LogP contribution < -0.4 is 5.73 Å². The van der Waals surface area contributed by atoms with Crippen molar-refractivity contribution in [3.05, 3.63) is 24.3 Å². The average molecular weight is 115 g/mol. The maximum absolute atomic E-state index is 11.3. The van der Waals surface area contributed by atoms with Crippen molar-refractivity contribution in [2.75, 3.05) is 13.2 Å². The van der Waals surface area contributed by atoms with E-state index < -0.39 is 6.67 Å². The van der Waals surface area contributed by atoms with E-state index in [9.17, 15) is 4.39 Å². The molecule has 0 aliphatic carbocycles. The first-order valence-electron chi connectivity index (χ1n) is 2.41. The normalized spacial score (nSPS) is 10.2. The summed E-state index contributed by atoms with van der Waals surface area (Å²) in [4.78, 5) is 0. The van der Waals surface area contributed by atoms with Gasteiger partial charge >= 0.3 is 0 Å². The van der Waals surface area contributed by atoms with Crippen molar-refractivity contribution < 1.29 is 4.39 Å². The molecule has 46 valence electrons. The number of hydrogen-bond acceptors (Lipinski definition) is 1. The van der Waals surface area contributed by atoms with E-state index in [1.807, 2.05) is 0 Å². The summed E-state index contributed by atoms with van der Waals surface area (Å²) >= 11 is 0. The molecule has 0 atom stereocenters. The van der Waals surface area contributed by atoms with Gasteiger partial charge < -0.3 is 5.73 Å². The van der Waals surface area contributed by atoms with Crippen LogP contribution in [-0.2, 0) is 0 Å². The quantitative estimate of drug-likeness (QED) is 0.546. The molecule has 2 heteroatoms. The van der Waals surface area contributed by atoms with E-state index in [0.29, 0.717) is 6.54 Å². The third-order valence-electron chi connectivity index (χ3n) is 0.705. The molecule has 0 aromatic rings. The Bertz CT molecular complexity index is 96.7. The zero-order valence-corrected chi connectivity index (χ0v) is 4.73. The predicted octanol–water partition coefficient (Wildman–Crippen LogP) is 1.03. The topological polar surface area (TPSA) is 26.0 Å². The summed E-state index contributed by atoms with van der Waals surface area (Å²) in [5.74, 6) is 0. The van der Waals surface area contributed by atoms with Gasteiger partial charge in [-0.2, -0.15) is 0 Å². The largest absolute Gasteiger partial charge is 0.327 e. The van der Waals surface area contributed by atoms with Crippen LogP contribution in [0.25, 0.3) is 0 Å². The van der Waals surface area contributed by atoms with Crippen molar-refractivity contribution in [1.29, 1.82) is 0 Å². The van der Waals surface area contributed by atoms with E-state index in [2.05, 4.69) is 6.58 Å². The molecule has 0 aromatic carbocycles. The molecule has 0 saturated heterocycles. The lowest BCUT2D eigenvalue weighted by molar-refractivity contribution is 0.561. The van der Waals surface area contributed by atoms with Crippen LogP contribution in [0.2, 0.25) is 0 Å². The van der Waals surface area contributed by atoms with Gasteiger partial charge in [0.2, 0.25) is 0 Å². The fraction of sp³-hybridized carbons (Fsp3) is 0.333. The molecule has 0 amide bonds. The maximum Gasteiger partial charge on any atom is 0.108 e. The molecule has 1 nitrogen and oxygen atoms in total. The SMILES string of the molecule is C=C(/C=C/CF)CN. The molecule has 0 aliphatic heterocycles. The maximum atomic E-state index is 11.3. The summed E-state index contributed by atoms with van der Waals surface area (Å²) in [6, 6.07) is 0. The van der Waals surface area contributed by atoms with Gasteiger partial charge in [-0.25, -0.2) is 4.39 Å². The van der Waals surface area contributed by atoms with Gasteiger partial charge in [-0.1, -0.05) is 18.7 Å². The molecule has 0 fully saturated rings. The van der Waals surface area contributed by atoms with E-state index in [0.717, 1.165) is 5.57 Å². The monoisotopic (exact) mass is 115 g/mol. The molecule has 0 heterocycles. The molecule has 0 saturated carbocycles. The summed E-state index contributed by atoms with van der Waals surface area (Å²) in [5.41, 5.74) is 5.89. The van der Waals surface area contributed by atoms with Crippen molar-refractivity contribution in [2.45, 2.75) is 0 Å². The van der Waals surface area contributed by atoms with Crippen LogP contribution in [0.3, 0.4) is 0 Å². The second-order valence-corrected chi connectivity index (χ2v) is 1.42. The molecule has 0 bridgehead atoms. The van der Waals surface area contributed by atoms with Gasteiger partial charge in [0.1, 0.15) is 6.67 Å². The highest BCUT2D eigenvalue weighted by atomic mass is 19.1. The van der Waals surface area contributed by atoms with Crippen LogP contribution in [0.1, 0.15) is 0 Å². The predicted molar refractivity (Wildman–Crippen MR) is 33.3 cm³/mol. The highest BCUT2D eigenvalue weighted by Crippen LogP contribution is 1.87. The minimum Gasteiger partial charge on any atom is -0.327 e. The van der Waals surface area contributed by atoms with Gasteiger partial charge in [0, 0.05) is 6.54 Å². The molecule has 0 spiro atoms. The Morgan fingerprint density at radius 3 is 2.75 bits per heavy atom. The second kappa shape index (κ2) is 4.53. The molecule has 0 unspecified atom stereocenters. The fourth-order valence-electron chi connectivity index (χ4n) is 0.279. The number of alkyl halides is 1. The van der Waals surface area contributed by atoms with Crippen LogP contribution in [0.15, 0.2) is 24.3 Å². The smallest absolute Gasteiger partial charge is 0.108 e. The van der Waals surface area contributed by atoms with Gasteiger partial charge in [-0.15, -0.1) is 0 Å². The fourth-order valence-corrected chi connectivity index (χ4v) is 0.279. The number of hydrogen-bond donors (Lipinski definition) is 1. The summed E-state index contributed by atoms with van der Waals surface area (Å²) in [7, 11) is 0. The molecule has 2 N–H and O–H groups in total. The molecular weight excluding hydrogens is 105 g/mol. The zero-order chi connectivity index (χ0) is 6.41. The Hall–Kier alpha value is -0.630. The van der Waals surface area contributed by atoms with Crippen molar-refractivity contribution in [2.24, 2.45) is 5.73 Å². The molecule has 0 rings (SSSR count). The first kappa shape index (κ1) is 7.37. The molecule has 0 radical (unpaired) electrons. The van der Waals surface area contributed by atoms with Gasteiger partial charge in [-0.3, -0.25) is 0 Å². The Morgan fingerprint density at radius 2 is 2.38 bits per heavy atom. The highest BCUT2D eigenvalue weighted by molar-refractivity contribution is 5.15. The zero-order valence-electron chi connectivity index (χ0n) is 4.73. The van der Waals surface area contributed by atoms with E-state index in [4.69, 9.17) is 5.73 Å². The van der Waals surface area contributed by atoms with Gasteiger partial charge in [0.05, 0.1) is 0 Å². The number of allylic oxidation sites excluding steroid dienone is 1. The van der Waals surface area contributed by atoms with Crippen LogP contribution in [-0.4, -0.2) is 13.2 Å². The lowest BCUT2D eigenvalue weighted by atomic mass is 10.3. The van der Waals surface area contributed by atoms with Gasteiger partial charge in [0.15, 0.2) is 0 Å². The van der Waals surface area contributed by atoms with Crippen LogP contribution >= 0.6 is 0 Å². The van der Waals surface area contributed by atoms with Crippen molar-refractivity contribution >= 4 is 0 Å². The minimum atomic E-state index is -0.445. The minimum absolute atomic E-state index is 0.399. The molecule has 8 heavy (non-hydrogen) atoms. The molecular formula is C6H10FN. The van der Waals surface area contributed by atoms with E-state index in [1.165, 1.54) is 6.08 Å². The summed E-state index contributed by atoms with van der Waals surface area (Å²) < 4.78 is 11.3. The Balaban J connectivity index is 3.37.